The molecule has 0 bridgehead atoms. The number of hydrogen-bond donors (Lipinski definition) is 1. The first kappa shape index (κ1) is 12.9. The number of amides is 1. The molecule has 17 heavy (non-hydrogen) atoms. The van der Waals surface area contributed by atoms with Gasteiger partial charge in [0.15, 0.2) is 6.29 Å². The number of hydrogen-bond acceptors (Lipinski definition) is 4. The quantitative estimate of drug-likeness (QED) is 0.491. The van der Waals surface area contributed by atoms with Crippen LogP contribution in [0, 0.1) is 6.92 Å². The van der Waals surface area contributed by atoms with E-state index in [0.717, 1.165) is 0 Å². The van der Waals surface area contributed by atoms with Crippen LogP contribution in [0.5, 0.6) is 5.75 Å². The highest BCUT2D eigenvalue weighted by molar-refractivity contribution is 5.96. The molecule has 5 heteroatoms. The van der Waals surface area contributed by atoms with Crippen LogP contribution in [0.4, 0.5) is 5.69 Å². The highest BCUT2D eigenvalue weighted by Crippen LogP contribution is 2.27. The molecule has 5 nitrogen and oxygen atoms in total. The number of benzene rings is 1. The molecule has 0 aliphatic heterocycles. The summed E-state index contributed by atoms with van der Waals surface area (Å²) in [5.41, 5.74) is 1.22. The van der Waals surface area contributed by atoms with Gasteiger partial charge in [-0.15, -0.1) is 0 Å². The minimum absolute atomic E-state index is 0.271. The molecular formula is C12H13NO4. The van der Waals surface area contributed by atoms with Gasteiger partial charge in [-0.3, -0.25) is 14.4 Å². The van der Waals surface area contributed by atoms with Gasteiger partial charge in [-0.2, -0.15) is 0 Å². The van der Waals surface area contributed by atoms with Gasteiger partial charge in [-0.25, -0.2) is 0 Å². The molecule has 0 heterocycles. The van der Waals surface area contributed by atoms with Gasteiger partial charge in [0.25, 0.3) is 0 Å². The van der Waals surface area contributed by atoms with Crippen molar-refractivity contribution in [1.82, 2.24) is 0 Å². The molecule has 0 radical (unpaired) electrons. The summed E-state index contributed by atoms with van der Waals surface area (Å²) < 4.78 is 4.94. The molecule has 0 aliphatic carbocycles. The van der Waals surface area contributed by atoms with Crippen molar-refractivity contribution < 1.29 is 19.1 Å². The Labute approximate surface area is 98.8 Å². The fourth-order valence-corrected chi connectivity index (χ4v) is 1.42. The summed E-state index contributed by atoms with van der Waals surface area (Å²) in [6, 6.07) is 3.06. The van der Waals surface area contributed by atoms with E-state index in [0.29, 0.717) is 28.8 Å². The number of anilines is 1. The second-order valence-electron chi connectivity index (χ2n) is 3.54. The van der Waals surface area contributed by atoms with Crippen LogP contribution in [-0.2, 0) is 9.59 Å². The molecule has 0 aliphatic rings. The molecule has 1 rings (SSSR count). The van der Waals surface area contributed by atoms with Gasteiger partial charge >= 0.3 is 5.97 Å². The Morgan fingerprint density at radius 2 is 1.94 bits per heavy atom. The number of carbonyl (C=O) groups is 3. The van der Waals surface area contributed by atoms with Gasteiger partial charge in [0, 0.05) is 25.0 Å². The Hall–Kier alpha value is -2.17. The first-order valence-electron chi connectivity index (χ1n) is 5.00. The van der Waals surface area contributed by atoms with E-state index in [1.165, 1.54) is 26.0 Å². The Kier molecular flexibility index (Phi) is 3.98. The maximum absolute atomic E-state index is 11.0. The van der Waals surface area contributed by atoms with Crippen LogP contribution in [-0.4, -0.2) is 18.2 Å². The first-order valence-corrected chi connectivity index (χ1v) is 5.00. The van der Waals surface area contributed by atoms with Crippen molar-refractivity contribution in [3.63, 3.8) is 0 Å². The fraction of sp³-hybridized carbons (Fsp3) is 0.250. The highest BCUT2D eigenvalue weighted by Gasteiger charge is 2.12. The second-order valence-corrected chi connectivity index (χ2v) is 3.54. The number of aldehydes is 1. The number of carbonyl (C=O) groups excluding carboxylic acids is 3. The zero-order chi connectivity index (χ0) is 13.0. The topological polar surface area (TPSA) is 72.5 Å². The Bertz CT molecular complexity index is 480. The van der Waals surface area contributed by atoms with Crippen molar-refractivity contribution >= 4 is 23.9 Å². The zero-order valence-electron chi connectivity index (χ0n) is 9.87. The summed E-state index contributed by atoms with van der Waals surface area (Å²) in [5, 5.41) is 2.54. The molecule has 0 atom stereocenters. The second kappa shape index (κ2) is 5.25. The largest absolute Gasteiger partial charge is 0.426 e. The third-order valence-electron chi connectivity index (χ3n) is 2.15. The van der Waals surface area contributed by atoms with Crippen LogP contribution in [0.1, 0.15) is 29.8 Å². The van der Waals surface area contributed by atoms with Crippen molar-refractivity contribution in [2.45, 2.75) is 20.8 Å². The third kappa shape index (κ3) is 3.14. The molecule has 1 N–H and O–H groups in total. The van der Waals surface area contributed by atoms with E-state index in [1.54, 1.807) is 6.92 Å². The summed E-state index contributed by atoms with van der Waals surface area (Å²) in [4.78, 5) is 32.8. The number of esters is 1. The van der Waals surface area contributed by atoms with Crippen LogP contribution < -0.4 is 10.1 Å². The highest BCUT2D eigenvalue weighted by atomic mass is 16.5. The summed E-state index contributed by atoms with van der Waals surface area (Å²) in [7, 11) is 0. The predicted molar refractivity (Wildman–Crippen MR) is 62.2 cm³/mol. The van der Waals surface area contributed by atoms with E-state index < -0.39 is 5.97 Å². The third-order valence-corrected chi connectivity index (χ3v) is 2.15. The van der Waals surface area contributed by atoms with E-state index in [-0.39, 0.29) is 5.91 Å². The average molecular weight is 235 g/mol. The fourth-order valence-electron chi connectivity index (χ4n) is 1.42. The van der Waals surface area contributed by atoms with Gasteiger partial charge < -0.3 is 10.1 Å². The summed E-state index contributed by atoms with van der Waals surface area (Å²) in [5.74, 6) is -0.418. The SMILES string of the molecule is CC(=O)Nc1ccc(OC(C)=O)c(C)c1C=O. The molecule has 1 aromatic carbocycles. The molecule has 0 spiro atoms. The lowest BCUT2D eigenvalue weighted by molar-refractivity contribution is -0.132. The number of nitrogens with one attached hydrogen (secondary N) is 1. The summed E-state index contributed by atoms with van der Waals surface area (Å²) in [6.07, 6.45) is 0.619. The minimum atomic E-state index is -0.461. The lowest BCUT2D eigenvalue weighted by Gasteiger charge is -2.11. The van der Waals surface area contributed by atoms with Crippen molar-refractivity contribution in [2.75, 3.05) is 5.32 Å². The molecule has 1 amide bonds. The van der Waals surface area contributed by atoms with Crippen molar-refractivity contribution in [3.05, 3.63) is 23.3 Å². The maximum atomic E-state index is 11.0. The smallest absolute Gasteiger partial charge is 0.308 e. The molecule has 90 valence electrons. The number of rotatable bonds is 3. The van der Waals surface area contributed by atoms with E-state index in [9.17, 15) is 14.4 Å². The van der Waals surface area contributed by atoms with Crippen LogP contribution in [0.15, 0.2) is 12.1 Å². The van der Waals surface area contributed by atoms with Gasteiger partial charge in [-0.05, 0) is 19.1 Å². The van der Waals surface area contributed by atoms with Crippen LogP contribution in [0.25, 0.3) is 0 Å². The van der Waals surface area contributed by atoms with Crippen molar-refractivity contribution in [1.29, 1.82) is 0 Å². The normalized spacial score (nSPS) is 9.59. The Morgan fingerprint density at radius 1 is 1.29 bits per heavy atom. The average Bonchev–Trinajstić information content (AvgIpc) is 2.21. The lowest BCUT2D eigenvalue weighted by atomic mass is 10.1. The molecule has 0 saturated carbocycles. The molecule has 1 aromatic rings. The van der Waals surface area contributed by atoms with E-state index in [4.69, 9.17) is 4.74 Å². The monoisotopic (exact) mass is 235 g/mol. The number of ether oxygens (including phenoxy) is 1. The van der Waals surface area contributed by atoms with E-state index in [1.807, 2.05) is 0 Å². The predicted octanol–water partition coefficient (Wildman–Crippen LogP) is 1.69. The standard InChI is InChI=1S/C12H13NO4/c1-7-10(6-14)11(13-8(2)15)4-5-12(7)17-9(3)16/h4-6H,1-3H3,(H,13,15). The van der Waals surface area contributed by atoms with Gasteiger partial charge in [0.05, 0.1) is 5.69 Å². The summed E-state index contributed by atoms with van der Waals surface area (Å²) in [6.45, 7) is 4.28. The van der Waals surface area contributed by atoms with Gasteiger partial charge in [0.1, 0.15) is 5.75 Å². The van der Waals surface area contributed by atoms with Crippen molar-refractivity contribution in [3.8, 4) is 5.75 Å². The minimum Gasteiger partial charge on any atom is -0.426 e. The van der Waals surface area contributed by atoms with Gasteiger partial charge in [-0.1, -0.05) is 0 Å². The molecule has 0 fully saturated rings. The van der Waals surface area contributed by atoms with E-state index in [2.05, 4.69) is 5.32 Å². The first-order chi connectivity index (χ1) is 7.95. The van der Waals surface area contributed by atoms with Gasteiger partial charge in [0.2, 0.25) is 5.91 Å². The zero-order valence-corrected chi connectivity index (χ0v) is 9.87. The Morgan fingerprint density at radius 3 is 2.41 bits per heavy atom. The summed E-state index contributed by atoms with van der Waals surface area (Å²) >= 11 is 0. The van der Waals surface area contributed by atoms with E-state index >= 15 is 0 Å². The lowest BCUT2D eigenvalue weighted by Crippen LogP contribution is -2.10. The van der Waals surface area contributed by atoms with Crippen molar-refractivity contribution in [2.24, 2.45) is 0 Å². The van der Waals surface area contributed by atoms with Crippen LogP contribution in [0.3, 0.4) is 0 Å². The molecular weight excluding hydrogens is 222 g/mol. The Balaban J connectivity index is 3.21. The molecule has 0 saturated heterocycles. The maximum Gasteiger partial charge on any atom is 0.308 e. The van der Waals surface area contributed by atoms with Crippen LogP contribution in [0.2, 0.25) is 0 Å². The van der Waals surface area contributed by atoms with Crippen LogP contribution >= 0.6 is 0 Å². The molecule has 0 unspecified atom stereocenters. The molecule has 0 aromatic heterocycles.